The summed E-state index contributed by atoms with van der Waals surface area (Å²) >= 11 is 1.53. The van der Waals surface area contributed by atoms with Gasteiger partial charge < -0.3 is 15.3 Å². The molecule has 4 rings (SSSR count). The van der Waals surface area contributed by atoms with Crippen LogP contribution in [0.5, 0.6) is 0 Å². The van der Waals surface area contributed by atoms with Crippen LogP contribution in [0, 0.1) is 0 Å². The van der Waals surface area contributed by atoms with Gasteiger partial charge in [0.2, 0.25) is 5.95 Å². The molecular formula is C15H18N6OS. The highest BCUT2D eigenvalue weighted by molar-refractivity contribution is 7.13. The summed E-state index contributed by atoms with van der Waals surface area (Å²) in [6, 6.07) is 3.98. The van der Waals surface area contributed by atoms with Crippen molar-refractivity contribution in [3.8, 4) is 0 Å². The monoisotopic (exact) mass is 330 g/mol. The third-order valence-corrected chi connectivity index (χ3v) is 4.84. The molecule has 1 aliphatic rings. The molecular weight excluding hydrogens is 312 g/mol. The summed E-state index contributed by atoms with van der Waals surface area (Å²) in [5.41, 5.74) is 0.900. The molecule has 0 radical (unpaired) electrons. The highest BCUT2D eigenvalue weighted by atomic mass is 32.1. The lowest BCUT2D eigenvalue weighted by atomic mass is 10.1. The first-order chi connectivity index (χ1) is 11.2. The molecule has 0 aromatic carbocycles. The van der Waals surface area contributed by atoms with Crippen LogP contribution >= 0.6 is 11.3 Å². The molecule has 0 aliphatic carbocycles. The number of nitrogens with zero attached hydrogens (tertiary/aromatic N) is 5. The maximum atomic E-state index is 10.0. The Morgan fingerprint density at radius 2 is 2.39 bits per heavy atom. The molecule has 0 spiro atoms. The van der Waals surface area contributed by atoms with Gasteiger partial charge in [0.25, 0.3) is 0 Å². The average Bonchev–Trinajstić information content (AvgIpc) is 3.28. The fourth-order valence-corrected chi connectivity index (χ4v) is 3.59. The quantitative estimate of drug-likeness (QED) is 0.764. The van der Waals surface area contributed by atoms with Gasteiger partial charge in [0.1, 0.15) is 5.52 Å². The topological polar surface area (TPSA) is 78.6 Å². The Kier molecular flexibility index (Phi) is 3.62. The molecule has 23 heavy (non-hydrogen) atoms. The zero-order valence-electron chi connectivity index (χ0n) is 12.8. The number of aromatic nitrogens is 4. The largest absolute Gasteiger partial charge is 0.391 e. The Morgan fingerprint density at radius 1 is 1.48 bits per heavy atom. The molecule has 7 nitrogen and oxygen atoms in total. The summed E-state index contributed by atoms with van der Waals surface area (Å²) in [6.45, 7) is 2.69. The van der Waals surface area contributed by atoms with Gasteiger partial charge in [0, 0.05) is 24.3 Å². The van der Waals surface area contributed by atoms with Gasteiger partial charge in [-0.1, -0.05) is 0 Å². The number of fused-ring (bicyclic) bond motifs is 1. The van der Waals surface area contributed by atoms with Crippen LogP contribution in [-0.2, 0) is 0 Å². The number of anilines is 3. The molecule has 1 saturated heterocycles. The fraction of sp³-hybridized carbons (Fsp3) is 0.400. The first-order valence-corrected chi connectivity index (χ1v) is 8.57. The van der Waals surface area contributed by atoms with Crippen LogP contribution in [0.2, 0.25) is 0 Å². The Bertz CT molecular complexity index is 800. The SMILES string of the molecule is C[C@H](O)C1CCCN1c1nc(Nc2nccs2)c2cccn2n1. The van der Waals surface area contributed by atoms with Gasteiger partial charge in [-0.15, -0.1) is 16.4 Å². The van der Waals surface area contributed by atoms with Crippen molar-refractivity contribution in [1.82, 2.24) is 19.6 Å². The lowest BCUT2D eigenvalue weighted by Crippen LogP contribution is -2.38. The standard InChI is InChI=1S/C15H18N6OS/c1-10(22)11-4-2-7-20(11)14-17-13(18-15-16-6-9-23-15)12-5-3-8-21(12)19-14/h3,5-6,8-11,22H,2,4,7H2,1H3,(H,16,17,18,19)/t10-,11?/m0/s1. The van der Waals surface area contributed by atoms with Crippen molar-refractivity contribution in [3.05, 3.63) is 29.9 Å². The molecule has 1 aliphatic heterocycles. The zero-order chi connectivity index (χ0) is 15.8. The van der Waals surface area contributed by atoms with Gasteiger partial charge in [-0.3, -0.25) is 0 Å². The van der Waals surface area contributed by atoms with E-state index >= 15 is 0 Å². The van der Waals surface area contributed by atoms with E-state index in [1.807, 2.05) is 35.1 Å². The van der Waals surface area contributed by atoms with E-state index in [0.717, 1.165) is 35.9 Å². The first-order valence-electron chi connectivity index (χ1n) is 7.69. The molecule has 4 heterocycles. The molecule has 3 aromatic rings. The number of aliphatic hydroxyl groups is 1. The lowest BCUT2D eigenvalue weighted by molar-refractivity contribution is 0.164. The van der Waals surface area contributed by atoms with E-state index in [-0.39, 0.29) is 6.04 Å². The van der Waals surface area contributed by atoms with Gasteiger partial charge in [0.15, 0.2) is 10.9 Å². The summed E-state index contributed by atoms with van der Waals surface area (Å²) in [4.78, 5) is 11.1. The van der Waals surface area contributed by atoms with E-state index in [1.54, 1.807) is 6.20 Å². The van der Waals surface area contributed by atoms with Crippen molar-refractivity contribution in [1.29, 1.82) is 0 Å². The minimum atomic E-state index is -0.406. The molecule has 8 heteroatoms. The highest BCUT2D eigenvalue weighted by Gasteiger charge is 2.31. The van der Waals surface area contributed by atoms with Crippen LogP contribution in [0.15, 0.2) is 29.9 Å². The first kappa shape index (κ1) is 14.4. The minimum absolute atomic E-state index is 0.0655. The molecule has 2 N–H and O–H groups in total. The van der Waals surface area contributed by atoms with Crippen LogP contribution < -0.4 is 10.2 Å². The second-order valence-corrected chi connectivity index (χ2v) is 6.60. The van der Waals surface area contributed by atoms with Crippen LogP contribution in [-0.4, -0.2) is 43.4 Å². The lowest BCUT2D eigenvalue weighted by Gasteiger charge is -2.27. The number of nitrogens with one attached hydrogen (secondary N) is 1. The van der Waals surface area contributed by atoms with Crippen LogP contribution in [0.4, 0.5) is 16.9 Å². The van der Waals surface area contributed by atoms with E-state index in [0.29, 0.717) is 5.95 Å². The zero-order valence-corrected chi connectivity index (χ0v) is 13.6. The smallest absolute Gasteiger partial charge is 0.245 e. The van der Waals surface area contributed by atoms with E-state index in [1.165, 1.54) is 11.3 Å². The molecule has 3 aromatic heterocycles. The van der Waals surface area contributed by atoms with Crippen molar-refractivity contribution in [2.24, 2.45) is 0 Å². The number of hydrogen-bond acceptors (Lipinski definition) is 7. The molecule has 1 fully saturated rings. The average molecular weight is 330 g/mol. The van der Waals surface area contributed by atoms with Crippen molar-refractivity contribution < 1.29 is 5.11 Å². The van der Waals surface area contributed by atoms with E-state index < -0.39 is 6.10 Å². The van der Waals surface area contributed by atoms with Crippen LogP contribution in [0.3, 0.4) is 0 Å². The summed E-state index contributed by atoms with van der Waals surface area (Å²) < 4.78 is 1.82. The fourth-order valence-electron chi connectivity index (χ4n) is 3.07. The Labute approximate surface area is 137 Å². The third-order valence-electron chi connectivity index (χ3n) is 4.15. The van der Waals surface area contributed by atoms with E-state index in [4.69, 9.17) is 4.98 Å². The maximum absolute atomic E-state index is 10.0. The molecule has 0 bridgehead atoms. The van der Waals surface area contributed by atoms with Crippen LogP contribution in [0.25, 0.3) is 5.52 Å². The number of hydrogen-bond donors (Lipinski definition) is 2. The van der Waals surface area contributed by atoms with Crippen molar-refractivity contribution in [3.63, 3.8) is 0 Å². The van der Waals surface area contributed by atoms with Crippen molar-refractivity contribution in [2.75, 3.05) is 16.8 Å². The van der Waals surface area contributed by atoms with E-state index in [9.17, 15) is 5.11 Å². The summed E-state index contributed by atoms with van der Waals surface area (Å²) in [7, 11) is 0. The Balaban J connectivity index is 1.75. The van der Waals surface area contributed by atoms with Crippen LogP contribution in [0.1, 0.15) is 19.8 Å². The maximum Gasteiger partial charge on any atom is 0.245 e. The van der Waals surface area contributed by atoms with Gasteiger partial charge in [-0.25, -0.2) is 9.50 Å². The van der Waals surface area contributed by atoms with Gasteiger partial charge in [-0.2, -0.15) is 4.98 Å². The molecule has 0 saturated carbocycles. The second-order valence-electron chi connectivity index (χ2n) is 5.70. The van der Waals surface area contributed by atoms with E-state index in [2.05, 4.69) is 20.3 Å². The van der Waals surface area contributed by atoms with Crippen molar-refractivity contribution in [2.45, 2.75) is 31.9 Å². The van der Waals surface area contributed by atoms with Gasteiger partial charge >= 0.3 is 0 Å². The number of aliphatic hydroxyl groups excluding tert-OH is 1. The van der Waals surface area contributed by atoms with Gasteiger partial charge in [0.05, 0.1) is 12.1 Å². The normalized spacial score (nSPS) is 19.4. The summed E-state index contributed by atoms with van der Waals surface area (Å²) in [5.74, 6) is 1.36. The second kappa shape index (κ2) is 5.78. The predicted octanol–water partition coefficient (Wildman–Crippen LogP) is 2.28. The summed E-state index contributed by atoms with van der Waals surface area (Å²) in [6.07, 6.45) is 5.25. The molecule has 2 atom stereocenters. The summed E-state index contributed by atoms with van der Waals surface area (Å²) in [5, 5.41) is 20.6. The number of rotatable bonds is 4. The highest BCUT2D eigenvalue weighted by Crippen LogP contribution is 2.28. The van der Waals surface area contributed by atoms with Gasteiger partial charge in [-0.05, 0) is 31.9 Å². The number of thiazole rings is 1. The van der Waals surface area contributed by atoms with Crippen molar-refractivity contribution >= 4 is 33.8 Å². The third kappa shape index (κ3) is 2.64. The Morgan fingerprint density at radius 3 is 3.17 bits per heavy atom. The predicted molar refractivity (Wildman–Crippen MR) is 90.4 cm³/mol. The Hall–Kier alpha value is -2.19. The molecule has 120 valence electrons. The minimum Gasteiger partial charge on any atom is -0.391 e. The molecule has 1 unspecified atom stereocenters. The molecule has 0 amide bonds.